The minimum Gasteiger partial charge on any atom is -0.361 e. The predicted octanol–water partition coefficient (Wildman–Crippen LogP) is 7.05. The average molecular weight is 312 g/mol. The number of unbranched alkanes of at least 4 members (excludes halogenated alkanes) is 2. The van der Waals surface area contributed by atoms with Gasteiger partial charge in [0.2, 0.25) is 0 Å². The van der Waals surface area contributed by atoms with Gasteiger partial charge in [0, 0.05) is 17.1 Å². The lowest BCUT2D eigenvalue weighted by molar-refractivity contribution is 0.719. The molecule has 23 heavy (non-hydrogen) atoms. The second kappa shape index (κ2) is 10.1. The van der Waals surface area contributed by atoms with Gasteiger partial charge >= 0.3 is 0 Å². The summed E-state index contributed by atoms with van der Waals surface area (Å²) < 4.78 is 0. The number of H-pyrrole nitrogens is 1. The van der Waals surface area contributed by atoms with Crippen molar-refractivity contribution in [3.63, 3.8) is 0 Å². The third-order valence-electron chi connectivity index (χ3n) is 4.28. The van der Waals surface area contributed by atoms with Crippen molar-refractivity contribution in [2.75, 3.05) is 0 Å². The number of aryl methyl sites for hydroxylation is 3. The molecule has 0 aliphatic carbocycles. The van der Waals surface area contributed by atoms with Crippen LogP contribution in [0.2, 0.25) is 0 Å². The van der Waals surface area contributed by atoms with E-state index in [4.69, 9.17) is 0 Å². The summed E-state index contributed by atoms with van der Waals surface area (Å²) in [6.45, 7) is 16.0. The quantitative estimate of drug-likeness (QED) is 0.416. The van der Waals surface area contributed by atoms with Crippen molar-refractivity contribution in [2.45, 2.75) is 66.2 Å². The Kier molecular flexibility index (Phi) is 8.47. The highest BCUT2D eigenvalue weighted by Crippen LogP contribution is 2.25. The fourth-order valence-electron chi connectivity index (χ4n) is 2.70. The van der Waals surface area contributed by atoms with Crippen molar-refractivity contribution in [3.8, 4) is 0 Å². The van der Waals surface area contributed by atoms with Crippen LogP contribution >= 0.6 is 0 Å². The molecule has 0 radical (unpaired) electrons. The van der Waals surface area contributed by atoms with Gasteiger partial charge in [0.1, 0.15) is 0 Å². The SMILES string of the molecule is C=CCCC(=C)C.CCCCCc1c[nH]c2ccc(C)c(C)c12. The van der Waals surface area contributed by atoms with Crippen LogP contribution in [0.3, 0.4) is 0 Å². The zero-order valence-electron chi connectivity index (χ0n) is 15.5. The normalized spacial score (nSPS) is 10.3. The summed E-state index contributed by atoms with van der Waals surface area (Å²) in [5.74, 6) is 0. The van der Waals surface area contributed by atoms with Gasteiger partial charge in [-0.2, -0.15) is 0 Å². The minimum absolute atomic E-state index is 1.06. The molecule has 1 N–H and O–H groups in total. The van der Waals surface area contributed by atoms with Gasteiger partial charge in [-0.3, -0.25) is 0 Å². The Morgan fingerprint density at radius 2 is 1.96 bits per heavy atom. The molecule has 0 amide bonds. The lowest BCUT2D eigenvalue weighted by Gasteiger charge is -2.04. The maximum atomic E-state index is 3.74. The Balaban J connectivity index is 0.000000322. The number of aromatic amines is 1. The van der Waals surface area contributed by atoms with E-state index in [2.05, 4.69) is 57.2 Å². The largest absolute Gasteiger partial charge is 0.361 e. The second-order valence-electron chi connectivity index (χ2n) is 6.49. The number of fused-ring (bicyclic) bond motifs is 1. The van der Waals surface area contributed by atoms with Crippen molar-refractivity contribution < 1.29 is 0 Å². The zero-order chi connectivity index (χ0) is 17.2. The summed E-state index contributed by atoms with van der Waals surface area (Å²) in [4.78, 5) is 3.38. The Bertz CT molecular complexity index is 631. The van der Waals surface area contributed by atoms with Crippen LogP contribution < -0.4 is 0 Å². The maximum Gasteiger partial charge on any atom is 0.0459 e. The predicted molar refractivity (Wildman–Crippen MR) is 105 cm³/mol. The number of hydrogen-bond donors (Lipinski definition) is 1. The van der Waals surface area contributed by atoms with Crippen LogP contribution in [0.1, 0.15) is 62.6 Å². The Hall–Kier alpha value is -1.76. The van der Waals surface area contributed by atoms with E-state index in [0.717, 1.165) is 12.8 Å². The summed E-state index contributed by atoms with van der Waals surface area (Å²) >= 11 is 0. The van der Waals surface area contributed by atoms with Crippen LogP contribution in [0.15, 0.2) is 43.1 Å². The molecule has 1 aromatic carbocycles. The molecule has 0 bridgehead atoms. The van der Waals surface area contributed by atoms with Crippen LogP contribution in [0.4, 0.5) is 0 Å². The number of hydrogen-bond acceptors (Lipinski definition) is 0. The van der Waals surface area contributed by atoms with Crippen LogP contribution in [-0.2, 0) is 6.42 Å². The molecule has 1 nitrogen and oxygen atoms in total. The summed E-state index contributed by atoms with van der Waals surface area (Å²) in [7, 11) is 0. The van der Waals surface area contributed by atoms with Gasteiger partial charge in [-0.1, -0.05) is 37.5 Å². The Morgan fingerprint density at radius 3 is 2.52 bits per heavy atom. The highest BCUT2D eigenvalue weighted by Gasteiger charge is 2.07. The molecular formula is C22H33N. The monoisotopic (exact) mass is 311 g/mol. The molecule has 0 fully saturated rings. The van der Waals surface area contributed by atoms with Gasteiger partial charge in [0.05, 0.1) is 0 Å². The van der Waals surface area contributed by atoms with E-state index in [0.29, 0.717) is 0 Å². The van der Waals surface area contributed by atoms with Crippen molar-refractivity contribution in [2.24, 2.45) is 0 Å². The fourth-order valence-corrected chi connectivity index (χ4v) is 2.70. The first kappa shape index (κ1) is 19.3. The number of aromatic nitrogens is 1. The minimum atomic E-state index is 1.06. The number of nitrogens with one attached hydrogen (secondary N) is 1. The Labute approximate surface area is 142 Å². The number of allylic oxidation sites excluding steroid dienone is 2. The molecule has 1 heterocycles. The van der Waals surface area contributed by atoms with E-state index >= 15 is 0 Å². The average Bonchev–Trinajstić information content (AvgIpc) is 2.94. The third kappa shape index (κ3) is 6.09. The molecule has 0 spiro atoms. The van der Waals surface area contributed by atoms with E-state index in [1.54, 1.807) is 0 Å². The zero-order valence-corrected chi connectivity index (χ0v) is 15.5. The van der Waals surface area contributed by atoms with E-state index < -0.39 is 0 Å². The van der Waals surface area contributed by atoms with E-state index in [9.17, 15) is 0 Å². The standard InChI is InChI=1S/C15H21N.C7H12/c1-4-5-6-7-13-10-16-14-9-8-11(2)12(3)15(13)14;1-4-5-6-7(2)3/h8-10,16H,4-7H2,1-3H3;4H,1-2,5-6H2,3H3. The third-order valence-corrected chi connectivity index (χ3v) is 4.28. The molecule has 2 rings (SSSR count). The molecular weight excluding hydrogens is 278 g/mol. The van der Waals surface area contributed by atoms with E-state index in [1.165, 1.54) is 58.8 Å². The van der Waals surface area contributed by atoms with Crippen LogP contribution in [0.5, 0.6) is 0 Å². The molecule has 126 valence electrons. The van der Waals surface area contributed by atoms with Crippen LogP contribution in [0.25, 0.3) is 10.9 Å². The van der Waals surface area contributed by atoms with Gasteiger partial charge in [-0.25, -0.2) is 0 Å². The first-order valence-corrected chi connectivity index (χ1v) is 8.82. The van der Waals surface area contributed by atoms with E-state index in [1.807, 2.05) is 13.0 Å². The summed E-state index contributed by atoms with van der Waals surface area (Å²) in [5.41, 5.74) is 6.84. The molecule has 1 heteroatoms. The highest BCUT2D eigenvalue weighted by atomic mass is 14.7. The molecule has 2 aromatic rings. The second-order valence-corrected chi connectivity index (χ2v) is 6.49. The molecule has 1 aromatic heterocycles. The van der Waals surface area contributed by atoms with Gasteiger partial charge < -0.3 is 4.98 Å². The number of benzene rings is 1. The fraction of sp³-hybridized carbons (Fsp3) is 0.455. The van der Waals surface area contributed by atoms with Crippen molar-refractivity contribution >= 4 is 10.9 Å². The number of rotatable bonds is 7. The smallest absolute Gasteiger partial charge is 0.0459 e. The van der Waals surface area contributed by atoms with E-state index in [-0.39, 0.29) is 0 Å². The first-order valence-electron chi connectivity index (χ1n) is 8.82. The molecule has 0 unspecified atom stereocenters. The maximum absolute atomic E-state index is 3.74. The molecule has 0 aliphatic heterocycles. The van der Waals surface area contributed by atoms with Gasteiger partial charge in [-0.05, 0) is 69.2 Å². The molecule has 0 atom stereocenters. The Morgan fingerprint density at radius 1 is 1.22 bits per heavy atom. The summed E-state index contributed by atoms with van der Waals surface area (Å²) in [5, 5.41) is 1.45. The lowest BCUT2D eigenvalue weighted by Crippen LogP contribution is -1.87. The van der Waals surface area contributed by atoms with Crippen LogP contribution in [-0.4, -0.2) is 4.98 Å². The van der Waals surface area contributed by atoms with Crippen molar-refractivity contribution in [3.05, 3.63) is 59.8 Å². The van der Waals surface area contributed by atoms with Crippen molar-refractivity contribution in [1.29, 1.82) is 0 Å². The summed E-state index contributed by atoms with van der Waals surface area (Å²) in [6.07, 6.45) is 11.4. The van der Waals surface area contributed by atoms with Crippen molar-refractivity contribution in [1.82, 2.24) is 4.98 Å². The van der Waals surface area contributed by atoms with Gasteiger partial charge in [-0.15, -0.1) is 13.2 Å². The summed E-state index contributed by atoms with van der Waals surface area (Å²) in [6, 6.07) is 4.39. The molecule has 0 saturated heterocycles. The molecule has 0 aliphatic rings. The first-order chi connectivity index (χ1) is 11.0. The van der Waals surface area contributed by atoms with Gasteiger partial charge in [0.25, 0.3) is 0 Å². The topological polar surface area (TPSA) is 15.8 Å². The molecule has 0 saturated carbocycles. The van der Waals surface area contributed by atoms with Crippen LogP contribution in [0, 0.1) is 13.8 Å². The van der Waals surface area contributed by atoms with Gasteiger partial charge in [0.15, 0.2) is 0 Å². The highest BCUT2D eigenvalue weighted by molar-refractivity contribution is 5.87. The lowest BCUT2D eigenvalue weighted by atomic mass is 10.00.